The lowest BCUT2D eigenvalue weighted by atomic mass is 10.3. The second-order valence-corrected chi connectivity index (χ2v) is 6.48. The molecule has 0 atom stereocenters. The molecule has 112 valence electrons. The first kappa shape index (κ1) is 15.6. The van der Waals surface area contributed by atoms with Crippen molar-refractivity contribution in [2.24, 2.45) is 0 Å². The van der Waals surface area contributed by atoms with Gasteiger partial charge in [-0.15, -0.1) is 0 Å². The van der Waals surface area contributed by atoms with Crippen LogP contribution in [0.5, 0.6) is 5.75 Å². The summed E-state index contributed by atoms with van der Waals surface area (Å²) in [6.45, 7) is 0.364. The quantitative estimate of drug-likeness (QED) is 0.630. The number of nitrogen functional groups attached to an aromatic ring is 1. The molecule has 0 aliphatic rings. The van der Waals surface area contributed by atoms with Crippen LogP contribution >= 0.6 is 11.6 Å². The first-order valence-corrected chi connectivity index (χ1v) is 8.07. The van der Waals surface area contributed by atoms with Crippen molar-refractivity contribution < 1.29 is 13.2 Å². The summed E-state index contributed by atoms with van der Waals surface area (Å²) in [4.78, 5) is 0.127. The third-order valence-corrected chi connectivity index (χ3v) is 4.34. The molecule has 2 aromatic rings. The number of hydrogen-bond acceptors (Lipinski definition) is 4. The monoisotopic (exact) mass is 326 g/mol. The van der Waals surface area contributed by atoms with Gasteiger partial charge in [0.2, 0.25) is 10.0 Å². The largest absolute Gasteiger partial charge is 0.492 e. The fraction of sp³-hybridized carbons (Fsp3) is 0.143. The van der Waals surface area contributed by atoms with Crippen LogP contribution in [-0.2, 0) is 10.0 Å². The standard InChI is InChI=1S/C14H15ClN2O3S/c15-11-2-1-3-14(10-11)21(18,19)17-8-9-20-13-6-4-12(16)5-7-13/h1-7,10,17H,8-9,16H2. The molecule has 0 radical (unpaired) electrons. The molecule has 0 aliphatic carbocycles. The second-order valence-electron chi connectivity index (χ2n) is 4.27. The van der Waals surface area contributed by atoms with Gasteiger partial charge in [-0.05, 0) is 42.5 Å². The highest BCUT2D eigenvalue weighted by Gasteiger charge is 2.13. The maximum absolute atomic E-state index is 12.0. The van der Waals surface area contributed by atoms with E-state index < -0.39 is 10.0 Å². The molecule has 5 nitrogen and oxygen atoms in total. The van der Waals surface area contributed by atoms with Crippen LogP contribution in [-0.4, -0.2) is 21.6 Å². The Morgan fingerprint density at radius 2 is 1.86 bits per heavy atom. The van der Waals surface area contributed by atoms with Gasteiger partial charge in [-0.2, -0.15) is 0 Å². The Kier molecular flexibility index (Phi) is 5.06. The number of halogens is 1. The van der Waals surface area contributed by atoms with Crippen molar-refractivity contribution in [2.45, 2.75) is 4.90 Å². The molecular weight excluding hydrogens is 312 g/mol. The van der Waals surface area contributed by atoms with Gasteiger partial charge in [0.05, 0.1) is 4.90 Å². The Hall–Kier alpha value is -1.76. The summed E-state index contributed by atoms with van der Waals surface area (Å²) in [6, 6.07) is 12.9. The van der Waals surface area contributed by atoms with E-state index in [-0.39, 0.29) is 18.0 Å². The lowest BCUT2D eigenvalue weighted by Crippen LogP contribution is -2.28. The van der Waals surface area contributed by atoms with Gasteiger partial charge in [0.15, 0.2) is 0 Å². The minimum atomic E-state index is -3.58. The smallest absolute Gasteiger partial charge is 0.240 e. The molecule has 0 saturated heterocycles. The van der Waals surface area contributed by atoms with Crippen molar-refractivity contribution in [2.75, 3.05) is 18.9 Å². The minimum absolute atomic E-state index is 0.127. The maximum atomic E-state index is 12.0. The molecule has 0 unspecified atom stereocenters. The van der Waals surface area contributed by atoms with E-state index in [0.29, 0.717) is 16.5 Å². The average molecular weight is 327 g/mol. The van der Waals surface area contributed by atoms with Gasteiger partial charge in [-0.3, -0.25) is 0 Å². The zero-order chi connectivity index (χ0) is 15.3. The van der Waals surface area contributed by atoms with E-state index in [2.05, 4.69) is 4.72 Å². The molecule has 3 N–H and O–H groups in total. The predicted molar refractivity (Wildman–Crippen MR) is 83.0 cm³/mol. The van der Waals surface area contributed by atoms with Crippen molar-refractivity contribution in [3.8, 4) is 5.75 Å². The molecule has 0 aromatic heterocycles. The lowest BCUT2D eigenvalue weighted by molar-refractivity contribution is 0.323. The number of nitrogens with one attached hydrogen (secondary N) is 1. The van der Waals surface area contributed by atoms with Crippen LogP contribution in [0.1, 0.15) is 0 Å². The molecular formula is C14H15ClN2O3S. The van der Waals surface area contributed by atoms with Gasteiger partial charge in [-0.1, -0.05) is 17.7 Å². The van der Waals surface area contributed by atoms with Crippen molar-refractivity contribution in [3.05, 3.63) is 53.6 Å². The van der Waals surface area contributed by atoms with Gasteiger partial charge >= 0.3 is 0 Å². The third kappa shape index (κ3) is 4.63. The van der Waals surface area contributed by atoms with Crippen LogP contribution in [0.25, 0.3) is 0 Å². The number of benzene rings is 2. The van der Waals surface area contributed by atoms with Crippen LogP contribution in [0, 0.1) is 0 Å². The predicted octanol–water partition coefficient (Wildman–Crippen LogP) is 2.28. The van der Waals surface area contributed by atoms with Crippen molar-refractivity contribution >= 4 is 27.3 Å². The van der Waals surface area contributed by atoms with Crippen molar-refractivity contribution in [3.63, 3.8) is 0 Å². The highest BCUT2D eigenvalue weighted by atomic mass is 35.5. The zero-order valence-corrected chi connectivity index (χ0v) is 12.7. The molecule has 0 fully saturated rings. The Balaban J connectivity index is 1.86. The summed E-state index contributed by atoms with van der Waals surface area (Å²) < 4.78 is 31.9. The summed E-state index contributed by atoms with van der Waals surface area (Å²) in [7, 11) is -3.58. The van der Waals surface area contributed by atoms with E-state index in [1.54, 1.807) is 36.4 Å². The van der Waals surface area contributed by atoms with E-state index in [9.17, 15) is 8.42 Å². The maximum Gasteiger partial charge on any atom is 0.240 e. The Morgan fingerprint density at radius 3 is 2.52 bits per heavy atom. The van der Waals surface area contributed by atoms with E-state index in [1.165, 1.54) is 12.1 Å². The number of sulfonamides is 1. The fourth-order valence-electron chi connectivity index (χ4n) is 1.63. The summed E-state index contributed by atoms with van der Waals surface area (Å²) in [5.41, 5.74) is 6.20. The molecule has 0 saturated carbocycles. The highest BCUT2D eigenvalue weighted by Crippen LogP contribution is 2.15. The van der Waals surface area contributed by atoms with Crippen molar-refractivity contribution in [1.29, 1.82) is 0 Å². The molecule has 0 amide bonds. The Bertz CT molecular complexity index is 702. The highest BCUT2D eigenvalue weighted by molar-refractivity contribution is 7.89. The molecule has 0 spiro atoms. The normalized spacial score (nSPS) is 11.3. The Labute approximate surface area is 128 Å². The molecule has 0 heterocycles. The zero-order valence-electron chi connectivity index (χ0n) is 11.1. The fourth-order valence-corrected chi connectivity index (χ4v) is 2.94. The molecule has 2 aromatic carbocycles. The number of rotatable bonds is 6. The van der Waals surface area contributed by atoms with Crippen molar-refractivity contribution in [1.82, 2.24) is 4.72 Å². The van der Waals surface area contributed by atoms with E-state index >= 15 is 0 Å². The van der Waals surface area contributed by atoms with Crippen LogP contribution in [0.2, 0.25) is 5.02 Å². The molecule has 7 heteroatoms. The van der Waals surface area contributed by atoms with Gasteiger partial charge in [0.25, 0.3) is 0 Å². The molecule has 0 aliphatic heterocycles. The van der Waals surface area contributed by atoms with Gasteiger partial charge in [0.1, 0.15) is 12.4 Å². The summed E-state index contributed by atoms with van der Waals surface area (Å²) in [5.74, 6) is 0.631. The second kappa shape index (κ2) is 6.80. The van der Waals surface area contributed by atoms with E-state index in [1.807, 2.05) is 0 Å². The van der Waals surface area contributed by atoms with E-state index in [0.717, 1.165) is 0 Å². The van der Waals surface area contributed by atoms with Crippen LogP contribution in [0.15, 0.2) is 53.4 Å². The van der Waals surface area contributed by atoms with Gasteiger partial charge in [0, 0.05) is 17.3 Å². The average Bonchev–Trinajstić information content (AvgIpc) is 2.45. The number of hydrogen-bond donors (Lipinski definition) is 2. The lowest BCUT2D eigenvalue weighted by Gasteiger charge is -2.09. The number of nitrogens with two attached hydrogens (primary N) is 1. The number of anilines is 1. The first-order valence-electron chi connectivity index (χ1n) is 6.21. The summed E-state index contributed by atoms with van der Waals surface area (Å²) >= 11 is 5.78. The molecule has 0 bridgehead atoms. The number of ether oxygens (including phenoxy) is 1. The van der Waals surface area contributed by atoms with Crippen LogP contribution < -0.4 is 15.2 Å². The van der Waals surface area contributed by atoms with Gasteiger partial charge in [-0.25, -0.2) is 13.1 Å². The topological polar surface area (TPSA) is 81.4 Å². The third-order valence-electron chi connectivity index (χ3n) is 2.65. The summed E-state index contributed by atoms with van der Waals surface area (Å²) in [6.07, 6.45) is 0. The summed E-state index contributed by atoms with van der Waals surface area (Å²) in [5, 5.41) is 0.371. The molecule has 2 rings (SSSR count). The van der Waals surface area contributed by atoms with Gasteiger partial charge < -0.3 is 10.5 Å². The van der Waals surface area contributed by atoms with E-state index in [4.69, 9.17) is 22.1 Å². The minimum Gasteiger partial charge on any atom is -0.492 e. The van der Waals surface area contributed by atoms with Crippen LogP contribution in [0.3, 0.4) is 0 Å². The first-order chi connectivity index (χ1) is 9.97. The van der Waals surface area contributed by atoms with Crippen LogP contribution in [0.4, 0.5) is 5.69 Å². The SMILES string of the molecule is Nc1ccc(OCCNS(=O)(=O)c2cccc(Cl)c2)cc1. The Morgan fingerprint density at radius 1 is 1.14 bits per heavy atom. The molecule has 21 heavy (non-hydrogen) atoms.